The number of benzene rings is 1. The molecule has 0 aliphatic heterocycles. The van der Waals surface area contributed by atoms with Gasteiger partial charge in [-0.15, -0.1) is 0 Å². The Hall–Kier alpha value is -0.830. The third-order valence-corrected chi connectivity index (χ3v) is 5.17. The quantitative estimate of drug-likeness (QED) is 0.749. The second kappa shape index (κ2) is 3.09. The maximum Gasteiger partial charge on any atom is 0.181 e. The summed E-state index contributed by atoms with van der Waals surface area (Å²) in [6, 6.07) is 7.10. The van der Waals surface area contributed by atoms with E-state index >= 15 is 0 Å². The molecule has 1 saturated carbocycles. The van der Waals surface area contributed by atoms with Gasteiger partial charge in [-0.1, -0.05) is 24.6 Å². The fourth-order valence-electron chi connectivity index (χ4n) is 1.62. The maximum absolute atomic E-state index is 11.9. The van der Waals surface area contributed by atoms with Crippen LogP contribution in [0.5, 0.6) is 0 Å². The van der Waals surface area contributed by atoms with Crippen LogP contribution in [0.25, 0.3) is 0 Å². The minimum Gasteiger partial charge on any atom is -0.223 e. The van der Waals surface area contributed by atoms with Crippen molar-refractivity contribution in [1.29, 1.82) is 0 Å². The Morgan fingerprint density at radius 1 is 1.21 bits per heavy atom. The molecule has 3 heteroatoms. The Morgan fingerprint density at radius 3 is 2.14 bits per heavy atom. The first-order valence-electron chi connectivity index (χ1n) is 4.82. The summed E-state index contributed by atoms with van der Waals surface area (Å²) in [6.07, 6.45) is 0.816. The van der Waals surface area contributed by atoms with E-state index < -0.39 is 9.84 Å². The van der Waals surface area contributed by atoms with Gasteiger partial charge in [0.15, 0.2) is 9.84 Å². The van der Waals surface area contributed by atoms with Gasteiger partial charge in [-0.3, -0.25) is 0 Å². The summed E-state index contributed by atoms with van der Waals surface area (Å²) in [7, 11) is -3.03. The van der Waals surface area contributed by atoms with E-state index in [4.69, 9.17) is 0 Å². The largest absolute Gasteiger partial charge is 0.223 e. The zero-order chi connectivity index (χ0) is 10.3. The van der Waals surface area contributed by atoms with E-state index in [0.29, 0.717) is 10.8 Å². The van der Waals surface area contributed by atoms with Gasteiger partial charge >= 0.3 is 0 Å². The molecule has 76 valence electrons. The normalized spacial score (nSPS) is 26.1. The molecular weight excluding hydrogens is 196 g/mol. The predicted octanol–water partition coefficient (Wildman–Crippen LogP) is 2.18. The van der Waals surface area contributed by atoms with Crippen LogP contribution < -0.4 is 0 Å². The predicted molar refractivity (Wildman–Crippen MR) is 55.9 cm³/mol. The fourth-order valence-corrected chi connectivity index (χ4v) is 3.66. The van der Waals surface area contributed by atoms with Crippen molar-refractivity contribution in [2.45, 2.75) is 30.4 Å². The third kappa shape index (κ3) is 1.57. The first kappa shape index (κ1) is 9.71. The highest BCUT2D eigenvalue weighted by atomic mass is 32.2. The molecule has 14 heavy (non-hydrogen) atoms. The molecule has 1 aliphatic carbocycles. The minimum atomic E-state index is -3.03. The van der Waals surface area contributed by atoms with Crippen molar-refractivity contribution in [2.24, 2.45) is 5.92 Å². The molecule has 0 saturated heterocycles. The lowest BCUT2D eigenvalue weighted by Gasteiger charge is -2.02. The second-order valence-corrected chi connectivity index (χ2v) is 6.28. The number of hydrogen-bond acceptors (Lipinski definition) is 2. The molecule has 0 heterocycles. The van der Waals surface area contributed by atoms with Crippen LogP contribution in [0.4, 0.5) is 0 Å². The van der Waals surface area contributed by atoms with Crippen molar-refractivity contribution in [1.82, 2.24) is 0 Å². The zero-order valence-corrected chi connectivity index (χ0v) is 9.21. The molecule has 0 amide bonds. The molecule has 1 aliphatic rings. The summed E-state index contributed by atoms with van der Waals surface area (Å²) in [5.74, 6) is 0.335. The molecular formula is C11H14O2S. The third-order valence-electron chi connectivity index (χ3n) is 2.78. The molecule has 1 aromatic carbocycles. The molecule has 2 rings (SSSR count). The lowest BCUT2D eigenvalue weighted by molar-refractivity contribution is 0.593. The monoisotopic (exact) mass is 210 g/mol. The molecule has 0 aromatic heterocycles. The molecule has 1 unspecified atom stereocenters. The van der Waals surface area contributed by atoms with Gasteiger partial charge < -0.3 is 0 Å². The van der Waals surface area contributed by atoms with Gasteiger partial charge in [0.1, 0.15) is 0 Å². The molecule has 1 aromatic rings. The molecule has 2 atom stereocenters. The van der Waals surface area contributed by atoms with Crippen molar-refractivity contribution < 1.29 is 8.42 Å². The van der Waals surface area contributed by atoms with Crippen LogP contribution in [-0.2, 0) is 9.84 Å². The molecule has 0 radical (unpaired) electrons. The number of aryl methyl sites for hydroxylation is 1. The topological polar surface area (TPSA) is 34.1 Å². The Kier molecular flexibility index (Phi) is 2.14. The van der Waals surface area contributed by atoms with E-state index in [0.717, 1.165) is 12.0 Å². The lowest BCUT2D eigenvalue weighted by Crippen LogP contribution is -2.08. The van der Waals surface area contributed by atoms with Crippen LogP contribution in [0, 0.1) is 12.8 Å². The van der Waals surface area contributed by atoms with E-state index in [9.17, 15) is 8.42 Å². The standard InChI is InChI=1S/C11H14O2S/c1-8-3-5-10(6-4-8)14(12,13)11-7-9(11)2/h3-6,9,11H,7H2,1-2H3/t9-,11?/m1/s1. The highest BCUT2D eigenvalue weighted by Crippen LogP contribution is 2.39. The highest BCUT2D eigenvalue weighted by Gasteiger charge is 2.44. The van der Waals surface area contributed by atoms with Crippen LogP contribution in [0.2, 0.25) is 0 Å². The van der Waals surface area contributed by atoms with Gasteiger partial charge in [0.25, 0.3) is 0 Å². The number of sulfone groups is 1. The van der Waals surface area contributed by atoms with E-state index in [1.165, 1.54) is 0 Å². The van der Waals surface area contributed by atoms with Crippen LogP contribution in [0.3, 0.4) is 0 Å². The van der Waals surface area contributed by atoms with Crippen molar-refractivity contribution in [2.75, 3.05) is 0 Å². The van der Waals surface area contributed by atoms with Crippen LogP contribution in [0.1, 0.15) is 18.9 Å². The first-order chi connectivity index (χ1) is 6.51. The average molecular weight is 210 g/mol. The van der Waals surface area contributed by atoms with Gasteiger partial charge in [-0.25, -0.2) is 8.42 Å². The number of hydrogen-bond donors (Lipinski definition) is 0. The van der Waals surface area contributed by atoms with Gasteiger partial charge in [0.2, 0.25) is 0 Å². The molecule has 2 nitrogen and oxygen atoms in total. The summed E-state index contributed by atoms with van der Waals surface area (Å²) in [5, 5.41) is -0.134. The van der Waals surface area contributed by atoms with Crippen molar-refractivity contribution in [3.63, 3.8) is 0 Å². The van der Waals surface area contributed by atoms with Crippen molar-refractivity contribution in [3.05, 3.63) is 29.8 Å². The van der Waals surface area contributed by atoms with Crippen LogP contribution in [0.15, 0.2) is 29.2 Å². The van der Waals surface area contributed by atoms with E-state index in [-0.39, 0.29) is 5.25 Å². The zero-order valence-electron chi connectivity index (χ0n) is 8.40. The average Bonchev–Trinajstić information content (AvgIpc) is 2.84. The van der Waals surface area contributed by atoms with E-state index in [1.807, 2.05) is 26.0 Å². The summed E-state index contributed by atoms with van der Waals surface area (Å²) in [6.45, 7) is 3.94. The molecule has 0 bridgehead atoms. The summed E-state index contributed by atoms with van der Waals surface area (Å²) in [4.78, 5) is 0.470. The summed E-state index contributed by atoms with van der Waals surface area (Å²) < 4.78 is 23.8. The highest BCUT2D eigenvalue weighted by molar-refractivity contribution is 7.92. The summed E-state index contributed by atoms with van der Waals surface area (Å²) in [5.41, 5.74) is 1.09. The van der Waals surface area contributed by atoms with Crippen LogP contribution in [-0.4, -0.2) is 13.7 Å². The number of rotatable bonds is 2. The van der Waals surface area contributed by atoms with Crippen LogP contribution >= 0.6 is 0 Å². The maximum atomic E-state index is 11.9. The van der Waals surface area contributed by atoms with E-state index in [2.05, 4.69) is 0 Å². The summed E-state index contributed by atoms with van der Waals surface area (Å²) >= 11 is 0. The molecule has 0 N–H and O–H groups in total. The SMILES string of the molecule is Cc1ccc(S(=O)(=O)C2C[C@H]2C)cc1. The minimum absolute atomic E-state index is 0.134. The Balaban J connectivity index is 2.35. The first-order valence-corrected chi connectivity index (χ1v) is 6.37. The van der Waals surface area contributed by atoms with E-state index in [1.54, 1.807) is 12.1 Å². The van der Waals surface area contributed by atoms with Gasteiger partial charge in [-0.05, 0) is 31.4 Å². The lowest BCUT2D eigenvalue weighted by atomic mass is 10.2. The van der Waals surface area contributed by atoms with Gasteiger partial charge in [0.05, 0.1) is 10.1 Å². The Labute approximate surface area is 84.9 Å². The van der Waals surface area contributed by atoms with Gasteiger partial charge in [-0.2, -0.15) is 0 Å². The molecule has 1 fully saturated rings. The van der Waals surface area contributed by atoms with Gasteiger partial charge in [0, 0.05) is 0 Å². The fraction of sp³-hybridized carbons (Fsp3) is 0.455. The van der Waals surface area contributed by atoms with Crippen molar-refractivity contribution in [3.8, 4) is 0 Å². The Bertz CT molecular complexity index is 431. The molecule has 0 spiro atoms. The smallest absolute Gasteiger partial charge is 0.181 e. The second-order valence-electron chi connectivity index (χ2n) is 4.11. The Morgan fingerprint density at radius 2 is 1.71 bits per heavy atom. The van der Waals surface area contributed by atoms with Crippen molar-refractivity contribution >= 4 is 9.84 Å².